The van der Waals surface area contributed by atoms with Gasteiger partial charge in [0.05, 0.1) is 17.2 Å². The van der Waals surface area contributed by atoms with E-state index in [1.54, 1.807) is 0 Å². The predicted molar refractivity (Wildman–Crippen MR) is 49.2 cm³/mol. The molecule has 0 fully saturated rings. The van der Waals surface area contributed by atoms with Crippen molar-refractivity contribution in [1.82, 2.24) is 9.97 Å². The van der Waals surface area contributed by atoms with Crippen LogP contribution in [0.4, 0.5) is 5.82 Å². The topological polar surface area (TPSA) is 54.9 Å². The zero-order valence-corrected chi connectivity index (χ0v) is 6.77. The summed E-state index contributed by atoms with van der Waals surface area (Å²) in [6.07, 6.45) is 2.11. The van der Waals surface area contributed by atoms with Crippen molar-refractivity contribution in [2.24, 2.45) is 0 Å². The SMILES string of the molecule is O=CNc1cnc2ccccc2n1. The quantitative estimate of drug-likeness (QED) is 0.694. The van der Waals surface area contributed by atoms with E-state index in [2.05, 4.69) is 15.3 Å². The van der Waals surface area contributed by atoms with Crippen LogP contribution >= 0.6 is 0 Å². The molecule has 0 unspecified atom stereocenters. The number of anilines is 1. The Morgan fingerprint density at radius 2 is 2.00 bits per heavy atom. The summed E-state index contributed by atoms with van der Waals surface area (Å²) in [6, 6.07) is 7.48. The van der Waals surface area contributed by atoms with Gasteiger partial charge >= 0.3 is 0 Å². The number of para-hydroxylation sites is 2. The Morgan fingerprint density at radius 1 is 1.23 bits per heavy atom. The third-order valence-corrected chi connectivity index (χ3v) is 1.66. The molecule has 0 saturated carbocycles. The van der Waals surface area contributed by atoms with Crippen LogP contribution in [-0.4, -0.2) is 16.4 Å². The average molecular weight is 173 g/mol. The number of carbonyl (C=O) groups excluding carboxylic acids is 1. The highest BCUT2D eigenvalue weighted by Crippen LogP contribution is 2.10. The maximum atomic E-state index is 10.1. The lowest BCUT2D eigenvalue weighted by atomic mass is 10.3. The summed E-state index contributed by atoms with van der Waals surface area (Å²) in [7, 11) is 0. The fourth-order valence-electron chi connectivity index (χ4n) is 1.09. The number of aromatic nitrogens is 2. The second-order valence-electron chi connectivity index (χ2n) is 2.51. The number of benzene rings is 1. The Bertz CT molecular complexity index is 442. The lowest BCUT2D eigenvalue weighted by Gasteiger charge is -1.98. The molecule has 4 heteroatoms. The number of amides is 1. The lowest BCUT2D eigenvalue weighted by Crippen LogP contribution is -1.97. The maximum Gasteiger partial charge on any atom is 0.212 e. The van der Waals surface area contributed by atoms with Crippen molar-refractivity contribution in [3.8, 4) is 0 Å². The first-order chi connectivity index (χ1) is 6.40. The molecule has 0 aliphatic carbocycles. The number of carbonyl (C=O) groups is 1. The monoisotopic (exact) mass is 173 g/mol. The van der Waals surface area contributed by atoms with E-state index in [-0.39, 0.29) is 0 Å². The number of nitrogens with zero attached hydrogens (tertiary/aromatic N) is 2. The number of rotatable bonds is 2. The highest BCUT2D eigenvalue weighted by Gasteiger charge is 1.96. The minimum absolute atomic E-state index is 0.466. The Hall–Kier alpha value is -1.97. The average Bonchev–Trinajstić information content (AvgIpc) is 2.18. The maximum absolute atomic E-state index is 10.1. The third kappa shape index (κ3) is 1.46. The highest BCUT2D eigenvalue weighted by molar-refractivity contribution is 5.77. The zero-order chi connectivity index (χ0) is 9.10. The molecule has 13 heavy (non-hydrogen) atoms. The van der Waals surface area contributed by atoms with Crippen molar-refractivity contribution in [2.75, 3.05) is 5.32 Å². The van der Waals surface area contributed by atoms with Crippen LogP contribution in [0, 0.1) is 0 Å². The second-order valence-corrected chi connectivity index (χ2v) is 2.51. The molecule has 0 atom stereocenters. The molecule has 0 saturated heterocycles. The van der Waals surface area contributed by atoms with Gasteiger partial charge in [0, 0.05) is 0 Å². The minimum atomic E-state index is 0.466. The van der Waals surface area contributed by atoms with Crippen LogP contribution in [0.2, 0.25) is 0 Å². The summed E-state index contributed by atoms with van der Waals surface area (Å²) in [5.41, 5.74) is 1.59. The molecule has 64 valence electrons. The minimum Gasteiger partial charge on any atom is -0.312 e. The molecule has 1 heterocycles. The van der Waals surface area contributed by atoms with E-state index in [1.165, 1.54) is 6.20 Å². The molecule has 1 aromatic heterocycles. The van der Waals surface area contributed by atoms with Crippen LogP contribution in [0.15, 0.2) is 30.5 Å². The molecule has 0 bridgehead atoms. The van der Waals surface area contributed by atoms with Crippen LogP contribution in [0.1, 0.15) is 0 Å². The van der Waals surface area contributed by atoms with Gasteiger partial charge in [-0.3, -0.25) is 9.78 Å². The standard InChI is InChI=1S/C9H7N3O/c13-6-11-9-5-10-7-3-1-2-4-8(7)12-9/h1-6H,(H,11,12,13). The van der Waals surface area contributed by atoms with Gasteiger partial charge in [0.2, 0.25) is 6.41 Å². The molecule has 0 radical (unpaired) electrons. The number of hydrogen-bond acceptors (Lipinski definition) is 3. The summed E-state index contributed by atoms with van der Waals surface area (Å²) in [5.74, 6) is 0.466. The van der Waals surface area contributed by atoms with Gasteiger partial charge in [-0.25, -0.2) is 4.98 Å². The van der Waals surface area contributed by atoms with Gasteiger partial charge in [0.1, 0.15) is 0 Å². The molecule has 0 aliphatic heterocycles. The van der Waals surface area contributed by atoms with E-state index in [4.69, 9.17) is 0 Å². The summed E-state index contributed by atoms with van der Waals surface area (Å²) in [4.78, 5) is 18.4. The smallest absolute Gasteiger partial charge is 0.212 e. The molecular weight excluding hydrogens is 166 g/mol. The number of nitrogens with one attached hydrogen (secondary N) is 1. The van der Waals surface area contributed by atoms with Crippen LogP contribution in [0.3, 0.4) is 0 Å². The van der Waals surface area contributed by atoms with Gasteiger partial charge in [0.15, 0.2) is 5.82 Å². The van der Waals surface area contributed by atoms with Crippen LogP contribution < -0.4 is 5.32 Å². The fourth-order valence-corrected chi connectivity index (χ4v) is 1.09. The lowest BCUT2D eigenvalue weighted by molar-refractivity contribution is -0.105. The summed E-state index contributed by atoms with van der Waals surface area (Å²) < 4.78 is 0. The van der Waals surface area contributed by atoms with Crippen molar-refractivity contribution in [2.45, 2.75) is 0 Å². The Kier molecular flexibility index (Phi) is 1.88. The molecule has 1 amide bonds. The summed E-state index contributed by atoms with van der Waals surface area (Å²) in [6.45, 7) is 0. The van der Waals surface area contributed by atoms with Crippen molar-refractivity contribution >= 4 is 23.3 Å². The Morgan fingerprint density at radius 3 is 2.77 bits per heavy atom. The summed E-state index contributed by atoms with van der Waals surface area (Å²) in [5, 5.41) is 2.45. The van der Waals surface area contributed by atoms with E-state index >= 15 is 0 Å². The molecule has 0 aliphatic rings. The van der Waals surface area contributed by atoms with Gasteiger partial charge < -0.3 is 5.32 Å². The van der Waals surface area contributed by atoms with Gasteiger partial charge in [0.25, 0.3) is 0 Å². The Balaban J connectivity index is 2.55. The first kappa shape index (κ1) is 7.67. The molecule has 1 aromatic carbocycles. The van der Waals surface area contributed by atoms with Gasteiger partial charge in [-0.05, 0) is 12.1 Å². The van der Waals surface area contributed by atoms with Gasteiger partial charge in [-0.2, -0.15) is 0 Å². The van der Waals surface area contributed by atoms with E-state index in [1.807, 2.05) is 24.3 Å². The van der Waals surface area contributed by atoms with Crippen molar-refractivity contribution in [1.29, 1.82) is 0 Å². The number of fused-ring (bicyclic) bond motifs is 1. The third-order valence-electron chi connectivity index (χ3n) is 1.66. The van der Waals surface area contributed by atoms with Gasteiger partial charge in [-0.1, -0.05) is 12.1 Å². The predicted octanol–water partition coefficient (Wildman–Crippen LogP) is 1.20. The fraction of sp³-hybridized carbons (Fsp3) is 0. The van der Waals surface area contributed by atoms with E-state index in [0.29, 0.717) is 12.2 Å². The molecule has 4 nitrogen and oxygen atoms in total. The molecular formula is C9H7N3O. The van der Waals surface area contributed by atoms with Crippen molar-refractivity contribution < 1.29 is 4.79 Å². The normalized spacial score (nSPS) is 9.85. The van der Waals surface area contributed by atoms with Gasteiger partial charge in [-0.15, -0.1) is 0 Å². The largest absolute Gasteiger partial charge is 0.312 e. The summed E-state index contributed by atoms with van der Waals surface area (Å²) >= 11 is 0. The molecule has 1 N–H and O–H groups in total. The highest BCUT2D eigenvalue weighted by atomic mass is 16.1. The second kappa shape index (κ2) is 3.18. The first-order valence-electron chi connectivity index (χ1n) is 3.82. The molecule has 2 aromatic rings. The Labute approximate surface area is 74.6 Å². The van der Waals surface area contributed by atoms with Crippen LogP contribution in [-0.2, 0) is 4.79 Å². The van der Waals surface area contributed by atoms with E-state index in [0.717, 1.165) is 11.0 Å². The zero-order valence-electron chi connectivity index (χ0n) is 6.77. The van der Waals surface area contributed by atoms with Crippen molar-refractivity contribution in [3.63, 3.8) is 0 Å². The molecule has 0 spiro atoms. The number of hydrogen-bond donors (Lipinski definition) is 1. The van der Waals surface area contributed by atoms with E-state index in [9.17, 15) is 4.79 Å². The van der Waals surface area contributed by atoms with Crippen LogP contribution in [0.25, 0.3) is 11.0 Å². The van der Waals surface area contributed by atoms with Crippen molar-refractivity contribution in [3.05, 3.63) is 30.5 Å². The van der Waals surface area contributed by atoms with Crippen LogP contribution in [0.5, 0.6) is 0 Å². The first-order valence-corrected chi connectivity index (χ1v) is 3.82. The molecule has 2 rings (SSSR count). The van der Waals surface area contributed by atoms with E-state index < -0.39 is 0 Å².